The first-order chi connectivity index (χ1) is 11.0. The summed E-state index contributed by atoms with van der Waals surface area (Å²) in [5.74, 6) is 0. The molecule has 2 atom stereocenters. The van der Waals surface area contributed by atoms with Crippen molar-refractivity contribution in [3.63, 3.8) is 0 Å². The van der Waals surface area contributed by atoms with Gasteiger partial charge >= 0.3 is 6.03 Å². The first kappa shape index (κ1) is 17.4. The van der Waals surface area contributed by atoms with Gasteiger partial charge in [-0.1, -0.05) is 30.3 Å². The number of aryl methyl sites for hydroxylation is 1. The van der Waals surface area contributed by atoms with Crippen LogP contribution in [0.4, 0.5) is 4.79 Å². The number of aromatic nitrogens is 1. The molecule has 1 heterocycles. The first-order valence-corrected chi connectivity index (χ1v) is 8.55. The average molecular weight is 333 g/mol. The molecule has 124 valence electrons. The van der Waals surface area contributed by atoms with Crippen LogP contribution in [-0.2, 0) is 6.42 Å². The van der Waals surface area contributed by atoms with E-state index in [9.17, 15) is 9.90 Å². The van der Waals surface area contributed by atoms with Crippen molar-refractivity contribution < 1.29 is 9.90 Å². The van der Waals surface area contributed by atoms with Crippen LogP contribution in [0.2, 0.25) is 0 Å². The Hall–Kier alpha value is -1.92. The Morgan fingerprint density at radius 1 is 1.35 bits per heavy atom. The monoisotopic (exact) mass is 333 g/mol. The predicted octanol–water partition coefficient (Wildman–Crippen LogP) is 2.81. The number of nitrogens with zero attached hydrogens (tertiary/aromatic N) is 1. The SMILES string of the molecule is Cc1cnc(CCNC(=O)N[C@@H](C)C[C@H](O)c2ccccc2)s1. The van der Waals surface area contributed by atoms with E-state index in [2.05, 4.69) is 15.6 Å². The minimum atomic E-state index is -0.579. The van der Waals surface area contributed by atoms with Crippen molar-refractivity contribution in [1.82, 2.24) is 15.6 Å². The minimum Gasteiger partial charge on any atom is -0.388 e. The zero-order valence-corrected chi connectivity index (χ0v) is 14.3. The zero-order valence-electron chi connectivity index (χ0n) is 13.5. The number of amides is 2. The number of urea groups is 1. The number of carbonyl (C=O) groups excluding carboxylic acids is 1. The molecule has 2 amide bonds. The molecule has 5 nitrogen and oxygen atoms in total. The lowest BCUT2D eigenvalue weighted by molar-refractivity contribution is 0.154. The topological polar surface area (TPSA) is 74.2 Å². The van der Waals surface area contributed by atoms with Crippen LogP contribution in [0.5, 0.6) is 0 Å². The molecule has 2 aromatic rings. The Labute approximate surface area is 140 Å². The Morgan fingerprint density at radius 2 is 2.09 bits per heavy atom. The molecule has 0 spiro atoms. The van der Waals surface area contributed by atoms with E-state index in [1.54, 1.807) is 11.3 Å². The fourth-order valence-electron chi connectivity index (χ4n) is 2.28. The van der Waals surface area contributed by atoms with Crippen molar-refractivity contribution in [3.05, 3.63) is 52.0 Å². The Morgan fingerprint density at radius 3 is 2.74 bits per heavy atom. The van der Waals surface area contributed by atoms with E-state index >= 15 is 0 Å². The Bertz CT molecular complexity index is 615. The molecule has 0 aliphatic carbocycles. The van der Waals surface area contributed by atoms with Gasteiger partial charge in [0, 0.05) is 30.1 Å². The molecule has 0 aliphatic rings. The number of nitrogens with one attached hydrogen (secondary N) is 2. The van der Waals surface area contributed by atoms with Crippen LogP contribution in [-0.4, -0.2) is 28.7 Å². The first-order valence-electron chi connectivity index (χ1n) is 7.73. The summed E-state index contributed by atoms with van der Waals surface area (Å²) in [6.45, 7) is 4.45. The fraction of sp³-hybridized carbons (Fsp3) is 0.412. The number of thiazole rings is 1. The van der Waals surface area contributed by atoms with Gasteiger partial charge in [-0.25, -0.2) is 9.78 Å². The summed E-state index contributed by atoms with van der Waals surface area (Å²) in [6, 6.07) is 9.13. The van der Waals surface area contributed by atoms with Crippen LogP contribution in [0.15, 0.2) is 36.5 Å². The molecule has 0 radical (unpaired) electrons. The summed E-state index contributed by atoms with van der Waals surface area (Å²) in [6.07, 6.45) is 2.47. The molecular formula is C17H23N3O2S. The van der Waals surface area contributed by atoms with E-state index in [4.69, 9.17) is 0 Å². The van der Waals surface area contributed by atoms with Crippen LogP contribution in [0.3, 0.4) is 0 Å². The molecule has 23 heavy (non-hydrogen) atoms. The van der Waals surface area contributed by atoms with Crippen molar-refractivity contribution in [2.45, 2.75) is 38.8 Å². The molecule has 0 aliphatic heterocycles. The van der Waals surface area contributed by atoms with Gasteiger partial charge in [0.1, 0.15) is 0 Å². The van der Waals surface area contributed by atoms with Crippen LogP contribution in [0.25, 0.3) is 0 Å². The molecule has 1 aromatic heterocycles. The third kappa shape index (κ3) is 6.00. The highest BCUT2D eigenvalue weighted by molar-refractivity contribution is 7.11. The normalized spacial score (nSPS) is 13.3. The lowest BCUT2D eigenvalue weighted by atomic mass is 10.0. The Kier molecular flexibility index (Phi) is 6.55. The molecule has 2 rings (SSSR count). The Balaban J connectivity index is 1.68. The van der Waals surface area contributed by atoms with Crippen LogP contribution >= 0.6 is 11.3 Å². The molecule has 6 heteroatoms. The number of carbonyl (C=O) groups is 1. The summed E-state index contributed by atoms with van der Waals surface area (Å²) < 4.78 is 0. The maximum absolute atomic E-state index is 11.8. The second-order valence-electron chi connectivity index (χ2n) is 5.58. The van der Waals surface area contributed by atoms with Crippen molar-refractivity contribution in [2.75, 3.05) is 6.54 Å². The van der Waals surface area contributed by atoms with Crippen molar-refractivity contribution >= 4 is 17.4 Å². The van der Waals surface area contributed by atoms with Gasteiger partial charge in [-0.2, -0.15) is 0 Å². The molecule has 0 saturated carbocycles. The minimum absolute atomic E-state index is 0.118. The molecule has 0 saturated heterocycles. The van der Waals surface area contributed by atoms with E-state index in [0.29, 0.717) is 13.0 Å². The standard InChI is InChI=1S/C17H23N3O2S/c1-12(10-15(21)14-6-4-3-5-7-14)20-17(22)18-9-8-16-19-11-13(2)23-16/h3-7,11-12,15,21H,8-10H2,1-2H3,(H2,18,20,22)/t12-,15-/m0/s1. The maximum Gasteiger partial charge on any atom is 0.315 e. The van der Waals surface area contributed by atoms with Gasteiger partial charge in [-0.3, -0.25) is 0 Å². The fourth-order valence-corrected chi connectivity index (χ4v) is 3.07. The van der Waals surface area contributed by atoms with Crippen molar-refractivity contribution in [2.24, 2.45) is 0 Å². The lowest BCUT2D eigenvalue weighted by Crippen LogP contribution is -2.42. The lowest BCUT2D eigenvalue weighted by Gasteiger charge is -2.18. The number of benzene rings is 1. The van der Waals surface area contributed by atoms with Crippen molar-refractivity contribution in [1.29, 1.82) is 0 Å². The molecule has 0 fully saturated rings. The van der Waals surface area contributed by atoms with Crippen LogP contribution in [0, 0.1) is 6.92 Å². The highest BCUT2D eigenvalue weighted by Gasteiger charge is 2.14. The van der Waals surface area contributed by atoms with Gasteiger partial charge < -0.3 is 15.7 Å². The van der Waals surface area contributed by atoms with E-state index < -0.39 is 6.10 Å². The summed E-state index contributed by atoms with van der Waals surface area (Å²) in [5.41, 5.74) is 0.862. The van der Waals surface area contributed by atoms with Gasteiger partial charge in [0.2, 0.25) is 0 Å². The number of hydrogen-bond acceptors (Lipinski definition) is 4. The van der Waals surface area contributed by atoms with Gasteiger partial charge in [-0.05, 0) is 25.8 Å². The van der Waals surface area contributed by atoms with Crippen LogP contribution in [0.1, 0.15) is 34.9 Å². The summed E-state index contributed by atoms with van der Waals surface area (Å²) in [4.78, 5) is 17.3. The van der Waals surface area contributed by atoms with Gasteiger partial charge in [0.25, 0.3) is 0 Å². The molecular weight excluding hydrogens is 310 g/mol. The second-order valence-corrected chi connectivity index (χ2v) is 6.90. The third-order valence-electron chi connectivity index (χ3n) is 3.43. The highest BCUT2D eigenvalue weighted by atomic mass is 32.1. The molecule has 3 N–H and O–H groups in total. The zero-order chi connectivity index (χ0) is 16.7. The second kappa shape index (κ2) is 8.64. The predicted molar refractivity (Wildman–Crippen MR) is 92.6 cm³/mol. The van der Waals surface area contributed by atoms with Crippen molar-refractivity contribution in [3.8, 4) is 0 Å². The summed E-state index contributed by atoms with van der Waals surface area (Å²) in [7, 11) is 0. The average Bonchev–Trinajstić information content (AvgIpc) is 2.93. The number of hydrogen-bond donors (Lipinski definition) is 3. The largest absolute Gasteiger partial charge is 0.388 e. The maximum atomic E-state index is 11.8. The summed E-state index contributed by atoms with van der Waals surface area (Å²) >= 11 is 1.64. The van der Waals surface area contributed by atoms with E-state index in [1.807, 2.05) is 50.4 Å². The molecule has 0 unspecified atom stereocenters. The van der Waals surface area contributed by atoms with Gasteiger partial charge in [0.05, 0.1) is 11.1 Å². The summed E-state index contributed by atoms with van der Waals surface area (Å²) in [5, 5.41) is 16.8. The highest BCUT2D eigenvalue weighted by Crippen LogP contribution is 2.17. The quantitative estimate of drug-likeness (QED) is 0.729. The molecule has 0 bridgehead atoms. The molecule has 1 aromatic carbocycles. The number of aliphatic hydroxyl groups excluding tert-OH is 1. The van der Waals surface area contributed by atoms with Gasteiger partial charge in [-0.15, -0.1) is 11.3 Å². The number of rotatable bonds is 7. The van der Waals surface area contributed by atoms with Crippen LogP contribution < -0.4 is 10.6 Å². The number of aliphatic hydroxyl groups is 1. The van der Waals surface area contributed by atoms with E-state index in [0.717, 1.165) is 17.0 Å². The third-order valence-corrected chi connectivity index (χ3v) is 4.40. The van der Waals surface area contributed by atoms with Gasteiger partial charge in [0.15, 0.2) is 0 Å². The smallest absolute Gasteiger partial charge is 0.315 e. The van der Waals surface area contributed by atoms with E-state index in [-0.39, 0.29) is 12.1 Å². The van der Waals surface area contributed by atoms with E-state index in [1.165, 1.54) is 4.88 Å².